The Bertz CT molecular complexity index is 997. The Kier molecular flexibility index (Phi) is 5.64. The van der Waals surface area contributed by atoms with E-state index >= 15 is 0 Å². The number of carbonyl (C=O) groups excluding carboxylic acids is 1. The molecule has 1 atom stereocenters. The Hall–Kier alpha value is -1.52. The molecule has 3 rings (SSSR count). The normalized spacial score (nSPS) is 12.2. The molecule has 0 bridgehead atoms. The van der Waals surface area contributed by atoms with Gasteiger partial charge in [0.05, 0.1) is 21.8 Å². The van der Waals surface area contributed by atoms with Gasteiger partial charge in [-0.15, -0.1) is 0 Å². The number of aromatic nitrogens is 2. The molecule has 1 unspecified atom stereocenters. The second-order valence-corrected chi connectivity index (χ2v) is 7.51. The zero-order chi connectivity index (χ0) is 19.0. The summed E-state index contributed by atoms with van der Waals surface area (Å²) in [5, 5.41) is 5.39. The molecule has 3 nitrogen and oxygen atoms in total. The van der Waals surface area contributed by atoms with Gasteiger partial charge in [0.25, 0.3) is 5.24 Å². The van der Waals surface area contributed by atoms with Gasteiger partial charge in [-0.3, -0.25) is 9.48 Å². The Balaban J connectivity index is 2.14. The van der Waals surface area contributed by atoms with Crippen molar-refractivity contribution in [2.24, 2.45) is 0 Å². The first-order valence-corrected chi connectivity index (χ1v) is 9.30. The van der Waals surface area contributed by atoms with Gasteiger partial charge in [-0.1, -0.05) is 46.9 Å². The van der Waals surface area contributed by atoms with Crippen LogP contribution in [0.15, 0.2) is 42.5 Å². The van der Waals surface area contributed by atoms with Crippen LogP contribution in [0.5, 0.6) is 0 Å². The van der Waals surface area contributed by atoms with E-state index in [-0.39, 0.29) is 11.7 Å². The molecule has 0 aliphatic carbocycles. The highest BCUT2D eigenvalue weighted by Crippen LogP contribution is 2.32. The molecule has 0 aliphatic rings. The lowest BCUT2D eigenvalue weighted by molar-refractivity contribution is 0.107. The predicted molar refractivity (Wildman–Crippen MR) is 108 cm³/mol. The molecule has 3 aromatic rings. The molecular formula is C19H14Cl4N2O. The van der Waals surface area contributed by atoms with Crippen LogP contribution in [0, 0.1) is 6.92 Å². The first-order valence-electron chi connectivity index (χ1n) is 7.78. The minimum absolute atomic E-state index is 0.182. The van der Waals surface area contributed by atoms with Gasteiger partial charge in [-0.05, 0) is 66.9 Å². The smallest absolute Gasteiger partial charge is 0.272 e. The summed E-state index contributed by atoms with van der Waals surface area (Å²) in [5.41, 5.74) is 3.66. The molecule has 2 aromatic carbocycles. The van der Waals surface area contributed by atoms with Crippen LogP contribution in [0.25, 0.3) is 11.3 Å². The van der Waals surface area contributed by atoms with Crippen molar-refractivity contribution in [3.8, 4) is 11.3 Å². The van der Waals surface area contributed by atoms with Crippen molar-refractivity contribution in [2.45, 2.75) is 19.9 Å². The molecule has 1 aromatic heterocycles. The molecule has 0 N–H and O–H groups in total. The molecule has 1 heterocycles. The highest BCUT2D eigenvalue weighted by molar-refractivity contribution is 6.67. The quantitative estimate of drug-likeness (QED) is 0.428. The highest BCUT2D eigenvalue weighted by Gasteiger charge is 2.20. The van der Waals surface area contributed by atoms with E-state index in [2.05, 4.69) is 5.10 Å². The molecule has 7 heteroatoms. The first-order chi connectivity index (χ1) is 12.3. The molecule has 0 amide bonds. The van der Waals surface area contributed by atoms with Gasteiger partial charge in [0, 0.05) is 10.6 Å². The number of benzene rings is 2. The zero-order valence-corrected chi connectivity index (χ0v) is 17.0. The fourth-order valence-electron chi connectivity index (χ4n) is 2.72. The van der Waals surface area contributed by atoms with Gasteiger partial charge in [-0.25, -0.2) is 0 Å². The Labute approximate surface area is 171 Å². The molecule has 134 valence electrons. The lowest BCUT2D eigenvalue weighted by Gasteiger charge is -2.17. The van der Waals surface area contributed by atoms with Crippen LogP contribution in [0.2, 0.25) is 15.1 Å². The van der Waals surface area contributed by atoms with Crippen LogP contribution in [0.1, 0.15) is 34.6 Å². The van der Waals surface area contributed by atoms with Gasteiger partial charge < -0.3 is 0 Å². The van der Waals surface area contributed by atoms with E-state index in [0.29, 0.717) is 15.1 Å². The van der Waals surface area contributed by atoms with Gasteiger partial charge in [-0.2, -0.15) is 5.10 Å². The van der Waals surface area contributed by atoms with E-state index < -0.39 is 5.24 Å². The van der Waals surface area contributed by atoms with Crippen molar-refractivity contribution < 1.29 is 4.79 Å². The fraction of sp³-hybridized carbons (Fsp3) is 0.158. The van der Waals surface area contributed by atoms with Crippen LogP contribution >= 0.6 is 46.4 Å². The number of aryl methyl sites for hydroxylation is 1. The fourth-order valence-corrected chi connectivity index (χ4v) is 3.24. The Morgan fingerprint density at radius 3 is 2.31 bits per heavy atom. The van der Waals surface area contributed by atoms with Gasteiger partial charge >= 0.3 is 0 Å². The Morgan fingerprint density at radius 2 is 1.69 bits per heavy atom. The SMILES string of the molecule is Cc1cc(-c2cc(C(=O)Cl)nn2C(C)c2ccc(Cl)c(Cl)c2)ccc1Cl. The van der Waals surface area contributed by atoms with Crippen LogP contribution in [-0.4, -0.2) is 15.0 Å². The first kappa shape index (κ1) is 19.2. The van der Waals surface area contributed by atoms with Crippen LogP contribution in [-0.2, 0) is 0 Å². The average Bonchev–Trinajstić information content (AvgIpc) is 3.04. The topological polar surface area (TPSA) is 34.9 Å². The molecular weight excluding hydrogens is 414 g/mol. The number of hydrogen-bond donors (Lipinski definition) is 0. The van der Waals surface area contributed by atoms with Crippen molar-refractivity contribution in [1.82, 2.24) is 9.78 Å². The number of nitrogens with zero attached hydrogens (tertiary/aromatic N) is 2. The maximum absolute atomic E-state index is 11.7. The van der Waals surface area contributed by atoms with Gasteiger partial charge in [0.1, 0.15) is 5.69 Å². The number of rotatable bonds is 4. The summed E-state index contributed by atoms with van der Waals surface area (Å²) in [6, 6.07) is 12.5. The summed E-state index contributed by atoms with van der Waals surface area (Å²) in [5.74, 6) is 0. The van der Waals surface area contributed by atoms with Crippen LogP contribution in [0.3, 0.4) is 0 Å². The summed E-state index contributed by atoms with van der Waals surface area (Å²) in [6.07, 6.45) is 0. The van der Waals surface area contributed by atoms with Crippen LogP contribution in [0.4, 0.5) is 0 Å². The largest absolute Gasteiger partial charge is 0.274 e. The van der Waals surface area contributed by atoms with E-state index in [0.717, 1.165) is 22.4 Å². The average molecular weight is 428 g/mol. The Morgan fingerprint density at radius 1 is 1.00 bits per heavy atom. The molecule has 0 aliphatic heterocycles. The standard InChI is InChI=1S/C19H14Cl4N2O/c1-10-7-13(4-5-14(10)20)18-9-17(19(23)26)24-25(18)11(2)12-3-6-15(21)16(22)8-12/h3-9,11H,1-2H3. The van der Waals surface area contributed by atoms with E-state index in [1.165, 1.54) is 0 Å². The highest BCUT2D eigenvalue weighted by atomic mass is 35.5. The molecule has 0 saturated carbocycles. The van der Waals surface area contributed by atoms with Crippen molar-refractivity contribution in [2.75, 3.05) is 0 Å². The number of halogens is 4. The summed E-state index contributed by atoms with van der Waals surface area (Å²) in [7, 11) is 0. The third-order valence-electron chi connectivity index (χ3n) is 4.18. The molecule has 26 heavy (non-hydrogen) atoms. The minimum atomic E-state index is -0.614. The summed E-state index contributed by atoms with van der Waals surface area (Å²) >= 11 is 23.9. The second-order valence-electron chi connectivity index (χ2n) is 5.95. The summed E-state index contributed by atoms with van der Waals surface area (Å²) in [6.45, 7) is 3.88. The van der Waals surface area contributed by atoms with Crippen molar-refractivity contribution in [3.05, 3.63) is 74.4 Å². The predicted octanol–water partition coefficient (Wildman–Crippen LogP) is 6.81. The monoisotopic (exact) mass is 426 g/mol. The summed E-state index contributed by atoms with van der Waals surface area (Å²) in [4.78, 5) is 11.7. The molecule has 0 fully saturated rings. The van der Waals surface area contributed by atoms with Crippen molar-refractivity contribution >= 4 is 51.6 Å². The van der Waals surface area contributed by atoms with Crippen molar-refractivity contribution in [3.63, 3.8) is 0 Å². The van der Waals surface area contributed by atoms with E-state index in [1.807, 2.05) is 38.1 Å². The van der Waals surface area contributed by atoms with Crippen molar-refractivity contribution in [1.29, 1.82) is 0 Å². The van der Waals surface area contributed by atoms with E-state index in [9.17, 15) is 4.79 Å². The molecule has 0 spiro atoms. The van der Waals surface area contributed by atoms with Crippen LogP contribution < -0.4 is 0 Å². The molecule has 0 radical (unpaired) electrons. The maximum Gasteiger partial charge on any atom is 0.272 e. The van der Waals surface area contributed by atoms with Gasteiger partial charge in [0.2, 0.25) is 0 Å². The van der Waals surface area contributed by atoms with E-state index in [4.69, 9.17) is 46.4 Å². The third-order valence-corrected chi connectivity index (χ3v) is 5.54. The second kappa shape index (κ2) is 7.61. The summed E-state index contributed by atoms with van der Waals surface area (Å²) < 4.78 is 1.75. The molecule has 0 saturated heterocycles. The lowest BCUT2D eigenvalue weighted by Crippen LogP contribution is -2.11. The van der Waals surface area contributed by atoms with Gasteiger partial charge in [0.15, 0.2) is 0 Å². The maximum atomic E-state index is 11.7. The third kappa shape index (κ3) is 3.77. The number of carbonyl (C=O) groups is 1. The number of hydrogen-bond acceptors (Lipinski definition) is 2. The minimum Gasteiger partial charge on any atom is -0.274 e. The lowest BCUT2D eigenvalue weighted by atomic mass is 10.1. The van der Waals surface area contributed by atoms with E-state index in [1.54, 1.807) is 22.9 Å². The zero-order valence-electron chi connectivity index (χ0n) is 13.9.